The first kappa shape index (κ1) is 10.7. The Labute approximate surface area is 98.1 Å². The lowest BCUT2D eigenvalue weighted by Gasteiger charge is -1.97. The minimum atomic E-state index is 0.268. The molecule has 0 bridgehead atoms. The highest BCUT2D eigenvalue weighted by Crippen LogP contribution is 2.25. The van der Waals surface area contributed by atoms with Crippen LogP contribution in [0, 0.1) is 0 Å². The fourth-order valence-corrected chi connectivity index (χ4v) is 2.01. The zero-order chi connectivity index (χ0) is 11.4. The van der Waals surface area contributed by atoms with Crippen LogP contribution in [0.15, 0.2) is 42.3 Å². The Bertz CT molecular complexity index is 476. The second-order valence-electron chi connectivity index (χ2n) is 3.25. The summed E-state index contributed by atoms with van der Waals surface area (Å²) < 4.78 is 0. The van der Waals surface area contributed by atoms with Gasteiger partial charge in [0.05, 0.1) is 5.69 Å². The minimum Gasteiger partial charge on any atom is -0.508 e. The number of rotatable bonds is 4. The van der Waals surface area contributed by atoms with Crippen LogP contribution >= 0.6 is 11.3 Å². The molecular weight excluding hydrogens is 220 g/mol. The highest BCUT2D eigenvalue weighted by molar-refractivity contribution is 7.14. The summed E-state index contributed by atoms with van der Waals surface area (Å²) in [4.78, 5) is 4.43. The van der Waals surface area contributed by atoms with Crippen LogP contribution in [0.4, 0.5) is 5.13 Å². The van der Waals surface area contributed by atoms with Crippen LogP contribution in [0.5, 0.6) is 5.75 Å². The molecule has 0 atom stereocenters. The van der Waals surface area contributed by atoms with Gasteiger partial charge in [0, 0.05) is 17.5 Å². The van der Waals surface area contributed by atoms with E-state index in [0.717, 1.165) is 16.4 Å². The first-order valence-corrected chi connectivity index (χ1v) is 5.77. The van der Waals surface area contributed by atoms with Crippen molar-refractivity contribution in [2.75, 3.05) is 11.9 Å². The number of aromatic nitrogens is 1. The normalized spacial score (nSPS) is 10.0. The molecule has 0 amide bonds. The summed E-state index contributed by atoms with van der Waals surface area (Å²) in [5.74, 6) is 0.268. The van der Waals surface area contributed by atoms with Crippen molar-refractivity contribution in [3.63, 3.8) is 0 Å². The van der Waals surface area contributed by atoms with Gasteiger partial charge in [0.25, 0.3) is 0 Å². The van der Waals surface area contributed by atoms with E-state index >= 15 is 0 Å². The van der Waals surface area contributed by atoms with Gasteiger partial charge in [-0.05, 0) is 24.3 Å². The maximum atomic E-state index is 9.18. The SMILES string of the molecule is C=CCNc1nc(-c2ccc(O)cc2)cs1. The summed E-state index contributed by atoms with van der Waals surface area (Å²) in [5.41, 5.74) is 1.91. The van der Waals surface area contributed by atoms with Gasteiger partial charge in [-0.2, -0.15) is 0 Å². The number of hydrogen-bond acceptors (Lipinski definition) is 4. The van der Waals surface area contributed by atoms with Crippen LogP contribution < -0.4 is 5.32 Å². The molecule has 0 saturated heterocycles. The molecule has 0 spiro atoms. The molecule has 0 unspecified atom stereocenters. The van der Waals surface area contributed by atoms with Crippen LogP contribution in [0.1, 0.15) is 0 Å². The van der Waals surface area contributed by atoms with E-state index in [4.69, 9.17) is 0 Å². The van der Waals surface area contributed by atoms with Gasteiger partial charge in [0.2, 0.25) is 0 Å². The number of hydrogen-bond donors (Lipinski definition) is 2. The molecule has 0 fully saturated rings. The summed E-state index contributed by atoms with van der Waals surface area (Å²) >= 11 is 1.56. The van der Waals surface area contributed by atoms with Gasteiger partial charge in [-0.1, -0.05) is 6.08 Å². The van der Waals surface area contributed by atoms with Crippen molar-refractivity contribution >= 4 is 16.5 Å². The number of nitrogens with one attached hydrogen (secondary N) is 1. The molecule has 0 aliphatic carbocycles. The van der Waals surface area contributed by atoms with Crippen molar-refractivity contribution in [3.8, 4) is 17.0 Å². The van der Waals surface area contributed by atoms with Crippen molar-refractivity contribution in [2.24, 2.45) is 0 Å². The van der Waals surface area contributed by atoms with Gasteiger partial charge in [0.15, 0.2) is 5.13 Å². The van der Waals surface area contributed by atoms with Crippen LogP contribution in [-0.2, 0) is 0 Å². The quantitative estimate of drug-likeness (QED) is 0.796. The number of nitrogens with zero attached hydrogens (tertiary/aromatic N) is 1. The summed E-state index contributed by atoms with van der Waals surface area (Å²) in [7, 11) is 0. The molecular formula is C12H12N2OS. The van der Waals surface area contributed by atoms with Gasteiger partial charge in [-0.25, -0.2) is 4.98 Å². The third kappa shape index (κ3) is 2.41. The fraction of sp³-hybridized carbons (Fsp3) is 0.0833. The van der Waals surface area contributed by atoms with E-state index < -0.39 is 0 Å². The van der Waals surface area contributed by atoms with Gasteiger partial charge < -0.3 is 10.4 Å². The number of aromatic hydroxyl groups is 1. The van der Waals surface area contributed by atoms with E-state index in [-0.39, 0.29) is 5.75 Å². The predicted octanol–water partition coefficient (Wildman–Crippen LogP) is 3.11. The fourth-order valence-electron chi connectivity index (χ4n) is 1.28. The Morgan fingerprint density at radius 2 is 2.12 bits per heavy atom. The first-order chi connectivity index (χ1) is 7.79. The maximum Gasteiger partial charge on any atom is 0.183 e. The Morgan fingerprint density at radius 3 is 2.81 bits per heavy atom. The number of thiazole rings is 1. The lowest BCUT2D eigenvalue weighted by Crippen LogP contribution is -1.96. The molecule has 0 aliphatic rings. The molecule has 0 radical (unpaired) electrons. The van der Waals surface area contributed by atoms with Crippen LogP contribution in [0.3, 0.4) is 0 Å². The Kier molecular flexibility index (Phi) is 3.22. The smallest absolute Gasteiger partial charge is 0.183 e. The van der Waals surface area contributed by atoms with Gasteiger partial charge in [-0.3, -0.25) is 0 Å². The highest BCUT2D eigenvalue weighted by Gasteiger charge is 2.03. The molecule has 0 saturated carbocycles. The first-order valence-electron chi connectivity index (χ1n) is 4.89. The van der Waals surface area contributed by atoms with Crippen molar-refractivity contribution in [2.45, 2.75) is 0 Å². The van der Waals surface area contributed by atoms with Crippen LogP contribution in [0.2, 0.25) is 0 Å². The molecule has 1 heterocycles. The largest absolute Gasteiger partial charge is 0.508 e. The molecule has 16 heavy (non-hydrogen) atoms. The predicted molar refractivity (Wildman–Crippen MR) is 67.9 cm³/mol. The molecule has 82 valence electrons. The number of phenols is 1. The van der Waals surface area contributed by atoms with Crippen LogP contribution in [0.25, 0.3) is 11.3 Å². The zero-order valence-corrected chi connectivity index (χ0v) is 9.50. The van der Waals surface area contributed by atoms with E-state index in [1.165, 1.54) is 0 Å². The van der Waals surface area contributed by atoms with E-state index in [0.29, 0.717) is 6.54 Å². The lowest BCUT2D eigenvalue weighted by atomic mass is 10.2. The van der Waals surface area contributed by atoms with Crippen molar-refractivity contribution in [1.29, 1.82) is 0 Å². The number of phenolic OH excluding ortho intramolecular Hbond substituents is 1. The minimum absolute atomic E-state index is 0.268. The summed E-state index contributed by atoms with van der Waals surface area (Å²) in [5, 5.41) is 15.2. The molecule has 0 aliphatic heterocycles. The standard InChI is InChI=1S/C12H12N2OS/c1-2-7-13-12-14-11(8-16-12)9-3-5-10(15)6-4-9/h2-6,8,15H,1,7H2,(H,13,14). The molecule has 2 aromatic rings. The monoisotopic (exact) mass is 232 g/mol. The van der Waals surface area contributed by atoms with E-state index in [9.17, 15) is 5.11 Å². The van der Waals surface area contributed by atoms with Crippen molar-refractivity contribution in [3.05, 3.63) is 42.3 Å². The average Bonchev–Trinajstić information content (AvgIpc) is 2.76. The Morgan fingerprint density at radius 1 is 1.38 bits per heavy atom. The van der Waals surface area contributed by atoms with Crippen molar-refractivity contribution < 1.29 is 5.11 Å². The Balaban J connectivity index is 2.17. The molecule has 1 aromatic carbocycles. The third-order valence-electron chi connectivity index (χ3n) is 2.06. The van der Waals surface area contributed by atoms with E-state index in [2.05, 4.69) is 16.9 Å². The second-order valence-corrected chi connectivity index (χ2v) is 4.11. The number of anilines is 1. The third-order valence-corrected chi connectivity index (χ3v) is 2.86. The second kappa shape index (κ2) is 4.81. The number of benzene rings is 1. The topological polar surface area (TPSA) is 45.2 Å². The van der Waals surface area contributed by atoms with Gasteiger partial charge >= 0.3 is 0 Å². The van der Waals surface area contributed by atoms with Crippen LogP contribution in [-0.4, -0.2) is 16.6 Å². The highest BCUT2D eigenvalue weighted by atomic mass is 32.1. The molecule has 3 nitrogen and oxygen atoms in total. The lowest BCUT2D eigenvalue weighted by molar-refractivity contribution is 0.475. The molecule has 2 rings (SSSR count). The molecule has 1 aromatic heterocycles. The summed E-state index contributed by atoms with van der Waals surface area (Å²) in [6.45, 7) is 4.35. The average molecular weight is 232 g/mol. The molecule has 4 heteroatoms. The summed E-state index contributed by atoms with van der Waals surface area (Å²) in [6, 6.07) is 7.01. The zero-order valence-electron chi connectivity index (χ0n) is 8.68. The van der Waals surface area contributed by atoms with Gasteiger partial charge in [-0.15, -0.1) is 17.9 Å². The van der Waals surface area contributed by atoms with E-state index in [1.54, 1.807) is 29.5 Å². The van der Waals surface area contributed by atoms with E-state index in [1.807, 2.05) is 17.5 Å². The summed E-state index contributed by atoms with van der Waals surface area (Å²) in [6.07, 6.45) is 1.79. The Hall–Kier alpha value is -1.81. The van der Waals surface area contributed by atoms with Crippen molar-refractivity contribution in [1.82, 2.24) is 4.98 Å². The molecule has 2 N–H and O–H groups in total. The van der Waals surface area contributed by atoms with Gasteiger partial charge in [0.1, 0.15) is 5.75 Å². The maximum absolute atomic E-state index is 9.18.